The van der Waals surface area contributed by atoms with Crippen molar-refractivity contribution in [2.45, 2.75) is 40.3 Å². The van der Waals surface area contributed by atoms with Crippen LogP contribution >= 0.6 is 11.6 Å². The van der Waals surface area contributed by atoms with Crippen LogP contribution < -0.4 is 15.8 Å². The number of pyridine rings is 2. The fourth-order valence-electron chi connectivity index (χ4n) is 5.37. The van der Waals surface area contributed by atoms with Gasteiger partial charge in [0.2, 0.25) is 5.91 Å². The van der Waals surface area contributed by atoms with Gasteiger partial charge in [0.1, 0.15) is 10.8 Å². The second kappa shape index (κ2) is 9.70. The number of carbonyl (C=O) groups is 1. The van der Waals surface area contributed by atoms with E-state index in [4.69, 9.17) is 11.6 Å². The lowest BCUT2D eigenvalue weighted by atomic mass is 9.96. The van der Waals surface area contributed by atoms with Crippen molar-refractivity contribution in [2.75, 3.05) is 36.4 Å². The molecular formula is C27H32ClN7O2. The molecule has 1 fully saturated rings. The fraction of sp³-hybridized carbons (Fsp3) is 0.407. The number of carbonyl (C=O) groups excluding carboxylic acids is 1. The number of hydrogen-bond acceptors (Lipinski definition) is 6. The summed E-state index contributed by atoms with van der Waals surface area (Å²) in [5, 5.41) is 11.2. The summed E-state index contributed by atoms with van der Waals surface area (Å²) in [4.78, 5) is 33.8. The Morgan fingerprint density at radius 1 is 1.16 bits per heavy atom. The molecule has 9 nitrogen and oxygen atoms in total. The molecule has 0 aliphatic carbocycles. The van der Waals surface area contributed by atoms with Gasteiger partial charge in [-0.2, -0.15) is 5.10 Å². The molecule has 194 valence electrons. The first-order valence-electron chi connectivity index (χ1n) is 12.6. The Kier molecular flexibility index (Phi) is 6.58. The first-order valence-corrected chi connectivity index (χ1v) is 13.0. The summed E-state index contributed by atoms with van der Waals surface area (Å²) in [6, 6.07) is 7.68. The smallest absolute Gasteiger partial charge is 0.259 e. The zero-order chi connectivity index (χ0) is 26.4. The number of benzene rings is 1. The summed E-state index contributed by atoms with van der Waals surface area (Å²) in [6.45, 7) is 11.0. The number of halogens is 1. The molecular weight excluding hydrogens is 490 g/mol. The maximum absolute atomic E-state index is 13.4. The highest BCUT2D eigenvalue weighted by molar-refractivity contribution is 6.29. The topological polar surface area (TPSA) is 88.3 Å². The van der Waals surface area contributed by atoms with E-state index in [1.165, 1.54) is 0 Å². The minimum atomic E-state index is -0.136. The second-order valence-corrected chi connectivity index (χ2v) is 10.1. The predicted molar refractivity (Wildman–Crippen MR) is 149 cm³/mol. The maximum atomic E-state index is 13.4. The van der Waals surface area contributed by atoms with Crippen molar-refractivity contribution in [3.8, 4) is 0 Å². The third-order valence-corrected chi connectivity index (χ3v) is 7.46. The van der Waals surface area contributed by atoms with Crippen LogP contribution in [0.5, 0.6) is 0 Å². The third kappa shape index (κ3) is 4.41. The molecule has 1 aromatic carbocycles. The first kappa shape index (κ1) is 25.1. The first-order chi connectivity index (χ1) is 17.7. The van der Waals surface area contributed by atoms with Crippen molar-refractivity contribution in [2.24, 2.45) is 7.05 Å². The van der Waals surface area contributed by atoms with E-state index in [1.54, 1.807) is 24.6 Å². The lowest BCUT2D eigenvalue weighted by molar-refractivity contribution is -0.129. The summed E-state index contributed by atoms with van der Waals surface area (Å²) < 4.78 is 3.55. The molecule has 1 aliphatic heterocycles. The van der Waals surface area contributed by atoms with E-state index in [1.807, 2.05) is 41.8 Å². The third-order valence-electron chi connectivity index (χ3n) is 7.25. The van der Waals surface area contributed by atoms with Crippen LogP contribution in [0.3, 0.4) is 0 Å². The molecule has 3 aromatic heterocycles. The van der Waals surface area contributed by atoms with Gasteiger partial charge in [0.05, 0.1) is 11.9 Å². The minimum Gasteiger partial charge on any atom is -0.376 e. The van der Waals surface area contributed by atoms with Gasteiger partial charge < -0.3 is 15.1 Å². The summed E-state index contributed by atoms with van der Waals surface area (Å²) in [7, 11) is 1.80. The summed E-state index contributed by atoms with van der Waals surface area (Å²) in [6.07, 6.45) is 1.86. The summed E-state index contributed by atoms with van der Waals surface area (Å²) >= 11 is 6.30. The highest BCUT2D eigenvalue weighted by Gasteiger charge is 2.24. The number of hydrogen-bond donors (Lipinski definition) is 1. The molecule has 0 saturated carbocycles. The SMILES string of the molecule is CCn1ncc2c3c(C(C)Nc4ccc(Cl)nc4N4CCN(C(C)=O)CC4)cc(C)cc3c(=O)n(C)c21. The molecule has 10 heteroatoms. The Morgan fingerprint density at radius 3 is 2.57 bits per heavy atom. The Morgan fingerprint density at radius 2 is 1.89 bits per heavy atom. The average molecular weight is 522 g/mol. The monoisotopic (exact) mass is 521 g/mol. The van der Waals surface area contributed by atoms with Crippen LogP contribution in [0.25, 0.3) is 21.8 Å². The van der Waals surface area contributed by atoms with E-state index in [0.29, 0.717) is 43.3 Å². The molecule has 4 heterocycles. The van der Waals surface area contributed by atoms with E-state index in [2.05, 4.69) is 33.3 Å². The molecule has 1 unspecified atom stereocenters. The van der Waals surface area contributed by atoms with Crippen molar-refractivity contribution in [3.63, 3.8) is 0 Å². The van der Waals surface area contributed by atoms with E-state index < -0.39 is 0 Å². The molecule has 1 saturated heterocycles. The zero-order valence-corrected chi connectivity index (χ0v) is 22.6. The van der Waals surface area contributed by atoms with Gasteiger partial charge in [-0.25, -0.2) is 9.67 Å². The van der Waals surface area contributed by atoms with Gasteiger partial charge in [-0.15, -0.1) is 0 Å². The number of anilines is 2. The van der Waals surface area contributed by atoms with Gasteiger partial charge in [0.25, 0.3) is 5.56 Å². The average Bonchev–Trinajstić information content (AvgIpc) is 3.32. The van der Waals surface area contributed by atoms with Crippen LogP contribution in [-0.4, -0.2) is 56.3 Å². The molecule has 4 aromatic rings. The number of nitrogens with one attached hydrogen (secondary N) is 1. The number of aromatic nitrogens is 4. The lowest BCUT2D eigenvalue weighted by Gasteiger charge is -2.36. The van der Waals surface area contributed by atoms with E-state index in [9.17, 15) is 9.59 Å². The number of piperazine rings is 1. The van der Waals surface area contributed by atoms with Gasteiger partial charge in [0, 0.05) is 68.9 Å². The zero-order valence-electron chi connectivity index (χ0n) is 21.9. The van der Waals surface area contributed by atoms with Crippen molar-refractivity contribution in [3.05, 3.63) is 57.1 Å². The van der Waals surface area contributed by atoms with Crippen molar-refractivity contribution >= 4 is 50.8 Å². The van der Waals surface area contributed by atoms with Gasteiger partial charge in [-0.05, 0) is 50.1 Å². The lowest BCUT2D eigenvalue weighted by Crippen LogP contribution is -2.48. The Balaban J connectivity index is 1.58. The molecule has 0 spiro atoms. The van der Waals surface area contributed by atoms with Crippen molar-refractivity contribution < 1.29 is 4.79 Å². The molecule has 37 heavy (non-hydrogen) atoms. The van der Waals surface area contributed by atoms with Gasteiger partial charge in [0.15, 0.2) is 5.82 Å². The molecule has 5 rings (SSSR count). The molecule has 1 N–H and O–H groups in total. The van der Waals surface area contributed by atoms with Crippen LogP contribution in [0.2, 0.25) is 5.15 Å². The fourth-order valence-corrected chi connectivity index (χ4v) is 5.51. The van der Waals surface area contributed by atoms with E-state index in [-0.39, 0.29) is 17.5 Å². The van der Waals surface area contributed by atoms with Crippen molar-refractivity contribution in [1.82, 2.24) is 24.2 Å². The van der Waals surface area contributed by atoms with Crippen LogP contribution in [0.1, 0.15) is 37.9 Å². The second-order valence-electron chi connectivity index (χ2n) is 9.70. The molecule has 0 radical (unpaired) electrons. The standard InChI is InChI=1S/C27H32ClN7O2/c1-6-35-26-21(15-29-35)24-19(13-16(2)14-20(24)27(37)32(26)5)17(3)30-22-7-8-23(28)31-25(22)34-11-9-33(10-12-34)18(4)36/h7-8,13-15,17,30H,6,9-12H2,1-5H3. The maximum Gasteiger partial charge on any atom is 0.259 e. The Labute approximate surface area is 220 Å². The van der Waals surface area contributed by atoms with Crippen LogP contribution in [-0.2, 0) is 18.4 Å². The highest BCUT2D eigenvalue weighted by atomic mass is 35.5. The van der Waals surface area contributed by atoms with Crippen LogP contribution in [0.15, 0.2) is 35.3 Å². The highest BCUT2D eigenvalue weighted by Crippen LogP contribution is 2.35. The molecule has 1 atom stereocenters. The Bertz CT molecular complexity index is 1570. The number of nitrogens with zero attached hydrogens (tertiary/aromatic N) is 6. The largest absolute Gasteiger partial charge is 0.376 e. The number of fused-ring (bicyclic) bond motifs is 3. The quantitative estimate of drug-likeness (QED) is 0.398. The summed E-state index contributed by atoms with van der Waals surface area (Å²) in [5.74, 6) is 0.847. The van der Waals surface area contributed by atoms with Gasteiger partial charge >= 0.3 is 0 Å². The summed E-state index contributed by atoms with van der Waals surface area (Å²) in [5.41, 5.74) is 3.68. The Hall–Kier alpha value is -3.59. The predicted octanol–water partition coefficient (Wildman–Crippen LogP) is 4.11. The van der Waals surface area contributed by atoms with Crippen molar-refractivity contribution in [1.29, 1.82) is 0 Å². The van der Waals surface area contributed by atoms with Crippen LogP contribution in [0.4, 0.5) is 11.5 Å². The molecule has 1 aliphatic rings. The molecule has 0 bridgehead atoms. The normalized spacial score (nSPS) is 15.0. The number of rotatable bonds is 5. The van der Waals surface area contributed by atoms with Crippen LogP contribution in [0, 0.1) is 6.92 Å². The minimum absolute atomic E-state index is 0.0351. The number of amides is 1. The van der Waals surface area contributed by atoms with E-state index in [0.717, 1.165) is 39.1 Å². The van der Waals surface area contributed by atoms with E-state index >= 15 is 0 Å². The number of aryl methyl sites for hydroxylation is 3. The van der Waals surface area contributed by atoms with Gasteiger partial charge in [-0.1, -0.05) is 17.7 Å². The molecule has 1 amide bonds. The van der Waals surface area contributed by atoms with Gasteiger partial charge in [-0.3, -0.25) is 14.2 Å².